The average Bonchev–Trinajstić information content (AvgIpc) is 2.78. The van der Waals surface area contributed by atoms with Crippen LogP contribution >= 0.6 is 0 Å². The number of nitrogens with zero attached hydrogens (tertiary/aromatic N) is 1. The molecule has 2 fully saturated rings. The van der Waals surface area contributed by atoms with E-state index in [2.05, 4.69) is 4.90 Å². The minimum absolute atomic E-state index is 0.0497. The zero-order chi connectivity index (χ0) is 7.68. The SMILES string of the molecule is OC1CCN(C[C@H]2CO2)CC1. The Morgan fingerprint density at radius 2 is 2.00 bits per heavy atom. The van der Waals surface area contributed by atoms with Crippen molar-refractivity contribution in [3.05, 3.63) is 0 Å². The van der Waals surface area contributed by atoms with Crippen molar-refractivity contribution in [2.75, 3.05) is 26.2 Å². The van der Waals surface area contributed by atoms with Crippen molar-refractivity contribution in [1.29, 1.82) is 0 Å². The van der Waals surface area contributed by atoms with Crippen molar-refractivity contribution in [1.82, 2.24) is 4.90 Å². The third kappa shape index (κ3) is 2.15. The van der Waals surface area contributed by atoms with Gasteiger partial charge in [-0.2, -0.15) is 0 Å². The fourth-order valence-electron chi connectivity index (χ4n) is 1.56. The Hall–Kier alpha value is -0.120. The number of epoxide rings is 1. The number of rotatable bonds is 2. The van der Waals surface area contributed by atoms with E-state index in [1.54, 1.807) is 0 Å². The summed E-state index contributed by atoms with van der Waals surface area (Å²) in [5.41, 5.74) is 0. The molecular weight excluding hydrogens is 142 g/mol. The fraction of sp³-hybridized carbons (Fsp3) is 1.00. The van der Waals surface area contributed by atoms with E-state index >= 15 is 0 Å². The highest BCUT2D eigenvalue weighted by atomic mass is 16.6. The van der Waals surface area contributed by atoms with Gasteiger partial charge in [-0.3, -0.25) is 0 Å². The molecule has 2 saturated heterocycles. The number of aliphatic hydroxyl groups is 1. The summed E-state index contributed by atoms with van der Waals surface area (Å²) in [6.45, 7) is 4.10. The van der Waals surface area contributed by atoms with Gasteiger partial charge < -0.3 is 14.7 Å². The lowest BCUT2D eigenvalue weighted by Gasteiger charge is -2.28. The first-order valence-electron chi connectivity index (χ1n) is 4.36. The quantitative estimate of drug-likeness (QED) is 0.566. The van der Waals surface area contributed by atoms with Crippen LogP contribution in [0.3, 0.4) is 0 Å². The van der Waals surface area contributed by atoms with Gasteiger partial charge >= 0.3 is 0 Å². The molecule has 0 aromatic carbocycles. The van der Waals surface area contributed by atoms with E-state index in [1.807, 2.05) is 0 Å². The maximum Gasteiger partial charge on any atom is 0.0936 e. The second kappa shape index (κ2) is 3.09. The van der Waals surface area contributed by atoms with Crippen molar-refractivity contribution in [3.8, 4) is 0 Å². The molecule has 3 heteroatoms. The summed E-state index contributed by atoms with van der Waals surface area (Å²) in [5, 5.41) is 9.22. The lowest BCUT2D eigenvalue weighted by Crippen LogP contribution is -2.37. The van der Waals surface area contributed by atoms with Crippen LogP contribution in [-0.4, -0.2) is 48.5 Å². The van der Waals surface area contributed by atoms with Crippen LogP contribution in [0.2, 0.25) is 0 Å². The Labute approximate surface area is 66.9 Å². The molecule has 11 heavy (non-hydrogen) atoms. The van der Waals surface area contributed by atoms with Crippen molar-refractivity contribution in [3.63, 3.8) is 0 Å². The second-order valence-electron chi connectivity index (χ2n) is 3.49. The third-order valence-corrected chi connectivity index (χ3v) is 2.42. The van der Waals surface area contributed by atoms with Gasteiger partial charge in [0.1, 0.15) is 0 Å². The molecule has 0 aliphatic carbocycles. The highest BCUT2D eigenvalue weighted by molar-refractivity contribution is 4.78. The normalized spacial score (nSPS) is 34.1. The minimum atomic E-state index is -0.0497. The molecule has 0 bridgehead atoms. The van der Waals surface area contributed by atoms with Crippen LogP contribution in [0.1, 0.15) is 12.8 Å². The first kappa shape index (κ1) is 7.53. The zero-order valence-corrected chi connectivity index (χ0v) is 6.70. The summed E-state index contributed by atoms with van der Waals surface area (Å²) in [7, 11) is 0. The summed E-state index contributed by atoms with van der Waals surface area (Å²) in [4.78, 5) is 2.38. The molecule has 0 amide bonds. The molecule has 2 heterocycles. The molecular formula is C8H15NO2. The van der Waals surface area contributed by atoms with E-state index in [1.165, 1.54) is 0 Å². The molecule has 2 aliphatic heterocycles. The number of aliphatic hydroxyl groups excluding tert-OH is 1. The van der Waals surface area contributed by atoms with Crippen LogP contribution in [0.4, 0.5) is 0 Å². The lowest BCUT2D eigenvalue weighted by molar-refractivity contribution is 0.0791. The Balaban J connectivity index is 1.69. The van der Waals surface area contributed by atoms with Crippen molar-refractivity contribution in [2.45, 2.75) is 25.0 Å². The minimum Gasteiger partial charge on any atom is -0.393 e. The van der Waals surface area contributed by atoms with E-state index in [-0.39, 0.29) is 6.10 Å². The summed E-state index contributed by atoms with van der Waals surface area (Å²) < 4.78 is 5.13. The van der Waals surface area contributed by atoms with Gasteiger partial charge in [-0.1, -0.05) is 0 Å². The van der Waals surface area contributed by atoms with Crippen LogP contribution in [0, 0.1) is 0 Å². The van der Waals surface area contributed by atoms with E-state index in [9.17, 15) is 5.11 Å². The molecule has 2 aliphatic rings. The van der Waals surface area contributed by atoms with Gasteiger partial charge in [-0.25, -0.2) is 0 Å². The highest BCUT2D eigenvalue weighted by Crippen LogP contribution is 2.15. The zero-order valence-electron chi connectivity index (χ0n) is 6.70. The number of hydrogen-bond donors (Lipinski definition) is 1. The van der Waals surface area contributed by atoms with Gasteiger partial charge in [0.05, 0.1) is 18.8 Å². The highest BCUT2D eigenvalue weighted by Gasteiger charge is 2.27. The van der Waals surface area contributed by atoms with E-state index in [0.717, 1.165) is 39.1 Å². The van der Waals surface area contributed by atoms with Crippen molar-refractivity contribution in [2.24, 2.45) is 0 Å². The van der Waals surface area contributed by atoms with E-state index < -0.39 is 0 Å². The van der Waals surface area contributed by atoms with Gasteiger partial charge in [-0.05, 0) is 12.8 Å². The van der Waals surface area contributed by atoms with E-state index in [4.69, 9.17) is 4.74 Å². The number of ether oxygens (including phenoxy) is 1. The molecule has 3 nitrogen and oxygen atoms in total. The van der Waals surface area contributed by atoms with Crippen LogP contribution in [0.25, 0.3) is 0 Å². The molecule has 1 N–H and O–H groups in total. The smallest absolute Gasteiger partial charge is 0.0936 e. The van der Waals surface area contributed by atoms with Crippen LogP contribution < -0.4 is 0 Å². The summed E-state index contributed by atoms with van der Waals surface area (Å²) >= 11 is 0. The van der Waals surface area contributed by atoms with Gasteiger partial charge in [0.15, 0.2) is 0 Å². The van der Waals surface area contributed by atoms with Crippen molar-refractivity contribution < 1.29 is 9.84 Å². The number of hydrogen-bond acceptors (Lipinski definition) is 3. The Kier molecular flexibility index (Phi) is 2.11. The number of piperidine rings is 1. The molecule has 0 aromatic rings. The largest absolute Gasteiger partial charge is 0.393 e. The van der Waals surface area contributed by atoms with Crippen LogP contribution in [-0.2, 0) is 4.74 Å². The van der Waals surface area contributed by atoms with E-state index in [0.29, 0.717) is 6.10 Å². The monoisotopic (exact) mass is 157 g/mol. The maximum absolute atomic E-state index is 9.22. The molecule has 64 valence electrons. The molecule has 0 saturated carbocycles. The predicted molar refractivity (Wildman–Crippen MR) is 41.4 cm³/mol. The molecule has 1 atom stereocenters. The maximum atomic E-state index is 9.22. The Morgan fingerprint density at radius 1 is 1.36 bits per heavy atom. The first-order valence-corrected chi connectivity index (χ1v) is 4.36. The van der Waals surface area contributed by atoms with Gasteiger partial charge in [-0.15, -0.1) is 0 Å². The summed E-state index contributed by atoms with van der Waals surface area (Å²) in [5.74, 6) is 0. The van der Waals surface area contributed by atoms with Crippen LogP contribution in [0.5, 0.6) is 0 Å². The predicted octanol–water partition coefficient (Wildman–Crippen LogP) is -0.158. The van der Waals surface area contributed by atoms with Gasteiger partial charge in [0.2, 0.25) is 0 Å². The summed E-state index contributed by atoms with van der Waals surface area (Å²) in [6.07, 6.45) is 2.33. The van der Waals surface area contributed by atoms with Gasteiger partial charge in [0, 0.05) is 19.6 Å². The average molecular weight is 157 g/mol. The third-order valence-electron chi connectivity index (χ3n) is 2.42. The standard InChI is InChI=1S/C8H15NO2/c10-7-1-3-9(4-2-7)5-8-6-11-8/h7-8,10H,1-6H2/t8-/m0/s1. The molecule has 0 radical (unpaired) electrons. The summed E-state index contributed by atoms with van der Waals surface area (Å²) in [6, 6.07) is 0. The topological polar surface area (TPSA) is 36.0 Å². The Bertz CT molecular complexity index is 128. The second-order valence-corrected chi connectivity index (χ2v) is 3.49. The lowest BCUT2D eigenvalue weighted by atomic mass is 10.1. The van der Waals surface area contributed by atoms with Crippen LogP contribution in [0.15, 0.2) is 0 Å². The first-order chi connectivity index (χ1) is 5.34. The molecule has 2 rings (SSSR count). The fourth-order valence-corrected chi connectivity index (χ4v) is 1.56. The molecule has 0 aromatic heterocycles. The molecule has 0 unspecified atom stereocenters. The van der Waals surface area contributed by atoms with Crippen molar-refractivity contribution >= 4 is 0 Å². The Morgan fingerprint density at radius 3 is 2.55 bits per heavy atom. The van der Waals surface area contributed by atoms with Gasteiger partial charge in [0.25, 0.3) is 0 Å². The number of likely N-dealkylation sites (tertiary alicyclic amines) is 1. The molecule has 0 spiro atoms.